The summed E-state index contributed by atoms with van der Waals surface area (Å²) in [6.45, 7) is 5.69. The van der Waals surface area contributed by atoms with Crippen LogP contribution in [0.25, 0.3) is 0 Å². The number of halogens is 1. The van der Waals surface area contributed by atoms with Crippen LogP contribution in [0.15, 0.2) is 36.4 Å². The quantitative estimate of drug-likeness (QED) is 0.448. The van der Waals surface area contributed by atoms with Gasteiger partial charge in [-0.2, -0.15) is 0 Å². The molecule has 0 saturated carbocycles. The zero-order valence-corrected chi connectivity index (χ0v) is 17.7. The summed E-state index contributed by atoms with van der Waals surface area (Å²) in [5.41, 5.74) is 4.00. The second-order valence-corrected chi connectivity index (χ2v) is 7.37. The van der Waals surface area contributed by atoms with E-state index in [2.05, 4.69) is 38.5 Å². The van der Waals surface area contributed by atoms with Gasteiger partial charge in [0, 0.05) is 26.9 Å². The van der Waals surface area contributed by atoms with Gasteiger partial charge in [0.05, 0.1) is 0 Å². The van der Waals surface area contributed by atoms with Crippen molar-refractivity contribution in [3.63, 3.8) is 0 Å². The summed E-state index contributed by atoms with van der Waals surface area (Å²) in [6, 6.07) is 11.0. The average Bonchev–Trinajstić information content (AvgIpc) is 2.59. The van der Waals surface area contributed by atoms with Crippen molar-refractivity contribution in [2.24, 2.45) is 0 Å². The molecule has 0 bridgehead atoms. The van der Waals surface area contributed by atoms with Crippen molar-refractivity contribution < 1.29 is 9.59 Å². The lowest BCUT2D eigenvalue weighted by Crippen LogP contribution is -2.34. The lowest BCUT2D eigenvalue weighted by Gasteiger charge is -2.13. The van der Waals surface area contributed by atoms with E-state index in [0.29, 0.717) is 23.4 Å². The fourth-order valence-electron chi connectivity index (χ4n) is 2.14. The number of benzene rings is 2. The SMILES string of the molecule is CCC(=O)Nc1cc(NC(=S)NC(=O)c2ccc(C)c(I)c2)ccc1C. The Kier molecular flexibility index (Phi) is 7.10. The highest BCUT2D eigenvalue weighted by Gasteiger charge is 2.10. The van der Waals surface area contributed by atoms with Crippen molar-refractivity contribution >= 4 is 63.1 Å². The van der Waals surface area contributed by atoms with E-state index >= 15 is 0 Å². The number of carbonyl (C=O) groups is 2. The predicted octanol–water partition coefficient (Wildman–Crippen LogP) is 4.38. The van der Waals surface area contributed by atoms with Gasteiger partial charge in [-0.15, -0.1) is 0 Å². The lowest BCUT2D eigenvalue weighted by atomic mass is 10.1. The molecule has 0 atom stereocenters. The standard InChI is InChI=1S/C19H20IN3O2S/c1-4-17(24)22-16-10-14(8-6-12(16)3)21-19(26)23-18(25)13-7-5-11(2)15(20)9-13/h5-10H,4H2,1-3H3,(H,22,24)(H2,21,23,25,26). The van der Waals surface area contributed by atoms with E-state index in [4.69, 9.17) is 12.2 Å². The van der Waals surface area contributed by atoms with E-state index in [9.17, 15) is 9.59 Å². The minimum absolute atomic E-state index is 0.0601. The van der Waals surface area contributed by atoms with Crippen molar-refractivity contribution in [2.45, 2.75) is 27.2 Å². The van der Waals surface area contributed by atoms with E-state index < -0.39 is 0 Å². The van der Waals surface area contributed by atoms with Crippen LogP contribution in [-0.4, -0.2) is 16.9 Å². The Balaban J connectivity index is 2.05. The third-order valence-electron chi connectivity index (χ3n) is 3.75. The molecular formula is C19H20IN3O2S. The third kappa shape index (κ3) is 5.50. The summed E-state index contributed by atoms with van der Waals surface area (Å²) in [5.74, 6) is -0.331. The number of amides is 2. The normalized spacial score (nSPS) is 10.2. The molecule has 2 rings (SSSR count). The summed E-state index contributed by atoms with van der Waals surface area (Å²) >= 11 is 7.42. The number of hydrogen-bond donors (Lipinski definition) is 3. The molecule has 0 aromatic heterocycles. The Hall–Kier alpha value is -2.00. The monoisotopic (exact) mass is 481 g/mol. The third-order valence-corrected chi connectivity index (χ3v) is 5.12. The Labute approximate surface area is 172 Å². The second kappa shape index (κ2) is 9.09. The van der Waals surface area contributed by atoms with Crippen molar-refractivity contribution in [2.75, 3.05) is 10.6 Å². The van der Waals surface area contributed by atoms with Crippen molar-refractivity contribution in [3.05, 3.63) is 56.7 Å². The van der Waals surface area contributed by atoms with Crippen LogP contribution in [0.4, 0.5) is 11.4 Å². The van der Waals surface area contributed by atoms with Gasteiger partial charge in [-0.1, -0.05) is 19.1 Å². The molecule has 0 aliphatic carbocycles. The molecule has 0 radical (unpaired) electrons. The first kappa shape index (κ1) is 20.3. The van der Waals surface area contributed by atoms with Crippen LogP contribution < -0.4 is 16.0 Å². The van der Waals surface area contributed by atoms with Crippen LogP contribution >= 0.6 is 34.8 Å². The number of rotatable bonds is 4. The predicted molar refractivity (Wildman–Crippen MR) is 118 cm³/mol. The van der Waals surface area contributed by atoms with E-state index in [1.807, 2.05) is 38.1 Å². The number of thiocarbonyl (C=S) groups is 1. The molecule has 0 aliphatic heterocycles. The molecule has 26 heavy (non-hydrogen) atoms. The topological polar surface area (TPSA) is 70.2 Å². The van der Waals surface area contributed by atoms with Crippen LogP contribution in [0, 0.1) is 17.4 Å². The van der Waals surface area contributed by atoms with Gasteiger partial charge in [-0.05, 0) is 84.0 Å². The van der Waals surface area contributed by atoms with Crippen molar-refractivity contribution in [3.8, 4) is 0 Å². The van der Waals surface area contributed by atoms with Crippen LogP contribution in [0.5, 0.6) is 0 Å². The van der Waals surface area contributed by atoms with Crippen molar-refractivity contribution in [1.29, 1.82) is 0 Å². The first-order valence-electron chi connectivity index (χ1n) is 8.09. The summed E-state index contributed by atoms with van der Waals surface area (Å²) in [4.78, 5) is 23.9. The molecule has 2 aromatic carbocycles. The number of carbonyl (C=O) groups excluding carboxylic acids is 2. The van der Waals surface area contributed by atoms with Gasteiger partial charge in [-0.3, -0.25) is 14.9 Å². The number of aryl methyl sites for hydroxylation is 2. The zero-order chi connectivity index (χ0) is 19.3. The molecule has 0 aliphatic rings. The molecule has 136 valence electrons. The highest BCUT2D eigenvalue weighted by atomic mass is 127. The first-order chi connectivity index (χ1) is 12.3. The lowest BCUT2D eigenvalue weighted by molar-refractivity contribution is -0.115. The Morgan fingerprint density at radius 1 is 1.04 bits per heavy atom. The summed E-state index contributed by atoms with van der Waals surface area (Å²) < 4.78 is 1.02. The molecular weight excluding hydrogens is 461 g/mol. The molecule has 3 N–H and O–H groups in total. The molecule has 7 heteroatoms. The summed E-state index contributed by atoms with van der Waals surface area (Å²) in [6.07, 6.45) is 0.404. The average molecular weight is 481 g/mol. The van der Waals surface area contributed by atoms with Crippen LogP contribution in [0.3, 0.4) is 0 Å². The Morgan fingerprint density at radius 3 is 2.38 bits per heavy atom. The first-order valence-corrected chi connectivity index (χ1v) is 9.58. The van der Waals surface area contributed by atoms with Crippen LogP contribution in [0.2, 0.25) is 0 Å². The van der Waals surface area contributed by atoms with E-state index in [-0.39, 0.29) is 16.9 Å². The van der Waals surface area contributed by atoms with Gasteiger partial charge in [-0.25, -0.2) is 0 Å². The summed E-state index contributed by atoms with van der Waals surface area (Å²) in [7, 11) is 0. The van der Waals surface area contributed by atoms with Gasteiger partial charge >= 0.3 is 0 Å². The van der Waals surface area contributed by atoms with Crippen LogP contribution in [0.1, 0.15) is 34.8 Å². The molecule has 2 amide bonds. The maximum atomic E-state index is 12.3. The van der Waals surface area contributed by atoms with Crippen molar-refractivity contribution in [1.82, 2.24) is 5.32 Å². The number of hydrogen-bond acceptors (Lipinski definition) is 3. The summed E-state index contributed by atoms with van der Waals surface area (Å²) in [5, 5.41) is 8.68. The van der Waals surface area contributed by atoms with Gasteiger partial charge in [0.15, 0.2) is 5.11 Å². The Bertz CT molecular complexity index is 868. The minimum atomic E-state index is -0.271. The van der Waals surface area contributed by atoms with E-state index in [0.717, 1.165) is 14.7 Å². The maximum absolute atomic E-state index is 12.3. The molecule has 0 unspecified atom stereocenters. The second-order valence-electron chi connectivity index (χ2n) is 5.80. The van der Waals surface area contributed by atoms with E-state index in [1.165, 1.54) is 0 Å². The minimum Gasteiger partial charge on any atom is -0.332 e. The molecule has 0 spiro atoms. The fourth-order valence-corrected chi connectivity index (χ4v) is 2.87. The molecule has 0 saturated heterocycles. The van der Waals surface area contributed by atoms with Gasteiger partial charge < -0.3 is 10.6 Å². The molecule has 0 fully saturated rings. The molecule has 2 aromatic rings. The smallest absolute Gasteiger partial charge is 0.257 e. The van der Waals surface area contributed by atoms with Gasteiger partial charge in [0.2, 0.25) is 5.91 Å². The Morgan fingerprint density at radius 2 is 1.73 bits per heavy atom. The van der Waals surface area contributed by atoms with E-state index in [1.54, 1.807) is 19.1 Å². The van der Waals surface area contributed by atoms with Gasteiger partial charge in [0.25, 0.3) is 5.91 Å². The maximum Gasteiger partial charge on any atom is 0.257 e. The zero-order valence-electron chi connectivity index (χ0n) is 14.8. The largest absolute Gasteiger partial charge is 0.332 e. The highest BCUT2D eigenvalue weighted by Crippen LogP contribution is 2.20. The molecule has 5 nitrogen and oxygen atoms in total. The van der Waals surface area contributed by atoms with Crippen LogP contribution in [-0.2, 0) is 4.79 Å². The highest BCUT2D eigenvalue weighted by molar-refractivity contribution is 14.1. The van der Waals surface area contributed by atoms with Gasteiger partial charge in [0.1, 0.15) is 0 Å². The fraction of sp³-hybridized carbons (Fsp3) is 0.211. The number of anilines is 2. The molecule has 0 heterocycles. The number of nitrogens with one attached hydrogen (secondary N) is 3.